The van der Waals surface area contributed by atoms with Gasteiger partial charge in [-0.05, 0) is 13.0 Å². The van der Waals surface area contributed by atoms with Crippen molar-refractivity contribution in [3.05, 3.63) is 48.0 Å². The summed E-state index contributed by atoms with van der Waals surface area (Å²) >= 11 is 0. The largest absolute Gasteiger partial charge is 0.384 e. The van der Waals surface area contributed by atoms with Crippen LogP contribution in [0.1, 0.15) is 18.5 Å². The molecule has 0 aliphatic carbocycles. The zero-order valence-corrected chi connectivity index (χ0v) is 10.3. The second kappa shape index (κ2) is 5.00. The zero-order valence-electron chi connectivity index (χ0n) is 10.3. The monoisotopic (exact) mass is 246 g/mol. The summed E-state index contributed by atoms with van der Waals surface area (Å²) in [5, 5.41) is 0. The summed E-state index contributed by atoms with van der Waals surface area (Å²) in [6.07, 6.45) is 1.40. The molecule has 5 heteroatoms. The molecule has 2 rings (SSSR count). The van der Waals surface area contributed by atoms with Crippen molar-refractivity contribution in [3.8, 4) is 0 Å². The Morgan fingerprint density at radius 1 is 1.28 bits per heavy atom. The van der Waals surface area contributed by atoms with Crippen LogP contribution in [0, 0.1) is 5.82 Å². The fourth-order valence-electron chi connectivity index (χ4n) is 1.78. The van der Waals surface area contributed by atoms with Gasteiger partial charge in [-0.1, -0.05) is 18.2 Å². The van der Waals surface area contributed by atoms with E-state index in [9.17, 15) is 4.39 Å². The molecule has 1 aromatic heterocycles. The molecule has 0 saturated carbocycles. The van der Waals surface area contributed by atoms with Crippen molar-refractivity contribution >= 4 is 11.6 Å². The maximum Gasteiger partial charge on any atom is 0.134 e. The molecule has 1 unspecified atom stereocenters. The second-order valence-electron chi connectivity index (χ2n) is 4.11. The van der Waals surface area contributed by atoms with Crippen LogP contribution in [0.3, 0.4) is 0 Å². The minimum atomic E-state index is -0.223. The Morgan fingerprint density at radius 2 is 2.00 bits per heavy atom. The predicted molar refractivity (Wildman–Crippen MR) is 69.7 cm³/mol. The molecule has 0 radical (unpaired) electrons. The van der Waals surface area contributed by atoms with Gasteiger partial charge in [0.05, 0.1) is 6.04 Å². The molecule has 4 nitrogen and oxygen atoms in total. The smallest absolute Gasteiger partial charge is 0.134 e. The van der Waals surface area contributed by atoms with E-state index in [1.807, 2.05) is 24.9 Å². The maximum atomic E-state index is 13.7. The molecule has 0 saturated heterocycles. The van der Waals surface area contributed by atoms with E-state index < -0.39 is 0 Å². The predicted octanol–water partition coefficient (Wildman–Crippen LogP) is 2.40. The van der Waals surface area contributed by atoms with E-state index in [1.54, 1.807) is 18.2 Å². The number of hydrogen-bond donors (Lipinski definition) is 1. The number of nitrogens with zero attached hydrogens (tertiary/aromatic N) is 3. The van der Waals surface area contributed by atoms with Gasteiger partial charge in [-0.25, -0.2) is 14.4 Å². The summed E-state index contributed by atoms with van der Waals surface area (Å²) in [5.41, 5.74) is 6.24. The van der Waals surface area contributed by atoms with Gasteiger partial charge in [-0.15, -0.1) is 0 Å². The standard InChI is InChI=1S/C13H15FN4/c1-9(10-5-3-4-6-11(10)14)18(2)13-7-12(15)16-8-17-13/h3-9H,1-2H3,(H2,15,16,17). The summed E-state index contributed by atoms with van der Waals surface area (Å²) < 4.78 is 13.7. The molecule has 0 fully saturated rings. The van der Waals surface area contributed by atoms with E-state index in [2.05, 4.69) is 9.97 Å². The number of aromatic nitrogens is 2. The van der Waals surface area contributed by atoms with Crippen LogP contribution in [-0.4, -0.2) is 17.0 Å². The van der Waals surface area contributed by atoms with Gasteiger partial charge in [-0.3, -0.25) is 0 Å². The van der Waals surface area contributed by atoms with Crippen LogP contribution >= 0.6 is 0 Å². The van der Waals surface area contributed by atoms with E-state index in [4.69, 9.17) is 5.73 Å². The highest BCUT2D eigenvalue weighted by Gasteiger charge is 2.16. The fraction of sp³-hybridized carbons (Fsp3) is 0.231. The Bertz CT molecular complexity index is 544. The lowest BCUT2D eigenvalue weighted by Crippen LogP contribution is -2.23. The average molecular weight is 246 g/mol. The Labute approximate surface area is 105 Å². The third-order valence-electron chi connectivity index (χ3n) is 2.97. The summed E-state index contributed by atoms with van der Waals surface area (Å²) in [4.78, 5) is 9.82. The van der Waals surface area contributed by atoms with Gasteiger partial charge in [0.1, 0.15) is 23.8 Å². The highest BCUT2D eigenvalue weighted by Crippen LogP contribution is 2.25. The zero-order chi connectivity index (χ0) is 13.1. The molecule has 0 spiro atoms. The lowest BCUT2D eigenvalue weighted by atomic mass is 10.1. The Morgan fingerprint density at radius 3 is 2.67 bits per heavy atom. The first-order valence-electron chi connectivity index (χ1n) is 5.64. The quantitative estimate of drug-likeness (QED) is 0.903. The molecule has 0 amide bonds. The Kier molecular flexibility index (Phi) is 3.41. The molecule has 2 N–H and O–H groups in total. The molecule has 1 atom stereocenters. The lowest BCUT2D eigenvalue weighted by molar-refractivity contribution is 0.584. The molecular formula is C13H15FN4. The van der Waals surface area contributed by atoms with Crippen molar-refractivity contribution in [2.45, 2.75) is 13.0 Å². The van der Waals surface area contributed by atoms with Crippen molar-refractivity contribution < 1.29 is 4.39 Å². The molecule has 0 bridgehead atoms. The van der Waals surface area contributed by atoms with Crippen molar-refractivity contribution in [2.24, 2.45) is 0 Å². The van der Waals surface area contributed by atoms with Crippen LogP contribution in [0.2, 0.25) is 0 Å². The summed E-state index contributed by atoms with van der Waals surface area (Å²) in [5.74, 6) is 0.838. The highest BCUT2D eigenvalue weighted by atomic mass is 19.1. The number of anilines is 2. The summed E-state index contributed by atoms with van der Waals surface area (Å²) in [7, 11) is 1.85. The van der Waals surface area contributed by atoms with Gasteiger partial charge in [0, 0.05) is 18.7 Å². The van der Waals surface area contributed by atoms with E-state index in [-0.39, 0.29) is 11.9 Å². The van der Waals surface area contributed by atoms with Gasteiger partial charge < -0.3 is 10.6 Å². The molecule has 0 aliphatic heterocycles. The number of rotatable bonds is 3. The fourth-order valence-corrected chi connectivity index (χ4v) is 1.78. The van der Waals surface area contributed by atoms with Gasteiger partial charge >= 0.3 is 0 Å². The highest BCUT2D eigenvalue weighted by molar-refractivity contribution is 5.47. The third kappa shape index (κ3) is 2.40. The first-order valence-corrected chi connectivity index (χ1v) is 5.64. The van der Waals surface area contributed by atoms with E-state index in [0.717, 1.165) is 0 Å². The number of halogens is 1. The third-order valence-corrected chi connectivity index (χ3v) is 2.97. The molecule has 2 aromatic rings. The molecule has 1 aromatic carbocycles. The number of benzene rings is 1. The first-order chi connectivity index (χ1) is 8.59. The topological polar surface area (TPSA) is 55.0 Å². The van der Waals surface area contributed by atoms with Crippen molar-refractivity contribution in [1.29, 1.82) is 0 Å². The van der Waals surface area contributed by atoms with Crippen molar-refractivity contribution in [2.75, 3.05) is 17.7 Å². The van der Waals surface area contributed by atoms with Crippen LogP contribution in [0.5, 0.6) is 0 Å². The number of nitrogens with two attached hydrogens (primary N) is 1. The minimum absolute atomic E-state index is 0.138. The SMILES string of the molecule is CC(c1ccccc1F)N(C)c1cc(N)ncn1. The molecule has 94 valence electrons. The van der Waals surface area contributed by atoms with Crippen molar-refractivity contribution in [1.82, 2.24) is 9.97 Å². The van der Waals surface area contributed by atoms with Gasteiger partial charge in [-0.2, -0.15) is 0 Å². The number of hydrogen-bond acceptors (Lipinski definition) is 4. The average Bonchev–Trinajstić information content (AvgIpc) is 2.37. The lowest BCUT2D eigenvalue weighted by Gasteiger charge is -2.26. The van der Waals surface area contributed by atoms with Crippen LogP contribution in [-0.2, 0) is 0 Å². The van der Waals surface area contributed by atoms with Crippen LogP contribution in [0.4, 0.5) is 16.0 Å². The summed E-state index contributed by atoms with van der Waals surface area (Å²) in [6.45, 7) is 1.91. The number of nitrogen functional groups attached to an aromatic ring is 1. The first kappa shape index (κ1) is 12.3. The minimum Gasteiger partial charge on any atom is -0.384 e. The molecule has 18 heavy (non-hydrogen) atoms. The van der Waals surface area contributed by atoms with E-state index in [1.165, 1.54) is 12.4 Å². The van der Waals surface area contributed by atoms with Crippen LogP contribution in [0.25, 0.3) is 0 Å². The maximum absolute atomic E-state index is 13.7. The molecular weight excluding hydrogens is 231 g/mol. The van der Waals surface area contributed by atoms with Crippen molar-refractivity contribution in [3.63, 3.8) is 0 Å². The van der Waals surface area contributed by atoms with E-state index in [0.29, 0.717) is 17.2 Å². The summed E-state index contributed by atoms with van der Waals surface area (Å²) in [6, 6.07) is 8.23. The second-order valence-corrected chi connectivity index (χ2v) is 4.11. The molecule has 0 aliphatic rings. The normalized spacial score (nSPS) is 12.2. The van der Waals surface area contributed by atoms with Crippen LogP contribution < -0.4 is 10.6 Å². The Balaban J connectivity index is 2.29. The van der Waals surface area contributed by atoms with Gasteiger partial charge in [0.2, 0.25) is 0 Å². The van der Waals surface area contributed by atoms with Crippen LogP contribution in [0.15, 0.2) is 36.7 Å². The molecule has 1 heterocycles. The van der Waals surface area contributed by atoms with Gasteiger partial charge in [0.15, 0.2) is 0 Å². The van der Waals surface area contributed by atoms with E-state index >= 15 is 0 Å². The van der Waals surface area contributed by atoms with Gasteiger partial charge in [0.25, 0.3) is 0 Å². The Hall–Kier alpha value is -2.17.